The number of benzene rings is 2. The summed E-state index contributed by atoms with van der Waals surface area (Å²) in [4.78, 5) is 26.2. The number of H-pyrrole nitrogens is 1. The predicted octanol–water partition coefficient (Wildman–Crippen LogP) is 4.06. The van der Waals surface area contributed by atoms with E-state index in [1.165, 1.54) is 12.1 Å². The minimum absolute atomic E-state index is 0.0439. The van der Waals surface area contributed by atoms with Crippen molar-refractivity contribution in [2.24, 2.45) is 0 Å². The molecule has 0 unspecified atom stereocenters. The summed E-state index contributed by atoms with van der Waals surface area (Å²) in [6.07, 6.45) is 1.58. The maximum absolute atomic E-state index is 12.5. The first-order valence-corrected chi connectivity index (χ1v) is 8.77. The molecule has 1 aliphatic heterocycles. The predicted molar refractivity (Wildman–Crippen MR) is 98.5 cm³/mol. The van der Waals surface area contributed by atoms with Gasteiger partial charge in [0.15, 0.2) is 6.79 Å². The number of aromatic nitrogens is 1. The number of fused-ring (bicyclic) bond motifs is 2. The molecule has 2 heterocycles. The lowest BCUT2D eigenvalue weighted by molar-refractivity contribution is -0.385. The van der Waals surface area contributed by atoms with Gasteiger partial charge < -0.3 is 19.2 Å². The van der Waals surface area contributed by atoms with E-state index in [0.29, 0.717) is 22.4 Å². The fourth-order valence-corrected chi connectivity index (χ4v) is 3.34. The Morgan fingerprint density at radius 2 is 2.19 bits per heavy atom. The number of aromatic amines is 1. The molecular formula is C18H13BrN2O6. The Morgan fingerprint density at radius 3 is 3.00 bits per heavy atom. The van der Waals surface area contributed by atoms with Crippen LogP contribution >= 0.6 is 15.9 Å². The monoisotopic (exact) mass is 432 g/mol. The van der Waals surface area contributed by atoms with E-state index >= 15 is 0 Å². The van der Waals surface area contributed by atoms with Gasteiger partial charge in [0, 0.05) is 44.8 Å². The second kappa shape index (κ2) is 7.01. The summed E-state index contributed by atoms with van der Waals surface area (Å²) in [5, 5.41) is 11.9. The molecule has 1 N–H and O–H groups in total. The van der Waals surface area contributed by atoms with Gasteiger partial charge in [-0.15, -0.1) is 0 Å². The fourth-order valence-electron chi connectivity index (χ4n) is 2.98. The van der Waals surface area contributed by atoms with E-state index in [2.05, 4.69) is 20.9 Å². The second-order valence-corrected chi connectivity index (χ2v) is 6.84. The van der Waals surface area contributed by atoms with Crippen LogP contribution in [0.1, 0.15) is 21.5 Å². The lowest BCUT2D eigenvalue weighted by Crippen LogP contribution is -2.15. The van der Waals surface area contributed by atoms with Gasteiger partial charge in [-0.1, -0.05) is 15.9 Å². The lowest BCUT2D eigenvalue weighted by Gasteiger charge is -2.20. The Bertz CT molecular complexity index is 1060. The molecule has 0 amide bonds. The smallest absolute Gasteiger partial charge is 0.340 e. The molecule has 27 heavy (non-hydrogen) atoms. The van der Waals surface area contributed by atoms with E-state index < -0.39 is 10.9 Å². The Kier molecular flexibility index (Phi) is 4.54. The summed E-state index contributed by atoms with van der Waals surface area (Å²) in [6.45, 7) is 0.0974. The molecule has 138 valence electrons. The highest BCUT2D eigenvalue weighted by Crippen LogP contribution is 2.33. The number of carbonyl (C=O) groups is 1. The standard InChI is InChI=1S/C18H13BrN2O6/c19-12-1-2-16-14(5-12)15(6-20-16)18(22)26-8-11-4-13(21(23)24)3-10-7-25-9-27-17(10)11/h1-6,20H,7-9H2. The second-order valence-electron chi connectivity index (χ2n) is 5.93. The van der Waals surface area contributed by atoms with Crippen LogP contribution in [-0.2, 0) is 22.7 Å². The lowest BCUT2D eigenvalue weighted by atomic mass is 10.1. The number of nitro groups is 1. The number of hydrogen-bond acceptors (Lipinski definition) is 6. The molecule has 4 rings (SSSR count). The molecule has 0 radical (unpaired) electrons. The number of carbonyl (C=O) groups excluding carboxylic acids is 1. The molecule has 2 aromatic carbocycles. The van der Waals surface area contributed by atoms with Crippen molar-refractivity contribution < 1.29 is 23.9 Å². The number of nitro benzene ring substituents is 1. The molecule has 0 bridgehead atoms. The van der Waals surface area contributed by atoms with Crippen molar-refractivity contribution in [1.82, 2.24) is 4.98 Å². The minimum Gasteiger partial charge on any atom is -0.467 e. The molecule has 0 fully saturated rings. The first kappa shape index (κ1) is 17.5. The Balaban J connectivity index is 1.61. The van der Waals surface area contributed by atoms with Crippen molar-refractivity contribution in [2.75, 3.05) is 6.79 Å². The normalized spacial score (nSPS) is 13.1. The molecule has 0 spiro atoms. The molecule has 0 aliphatic carbocycles. The van der Waals surface area contributed by atoms with Gasteiger partial charge in [0.05, 0.1) is 17.1 Å². The summed E-state index contributed by atoms with van der Waals surface area (Å²) >= 11 is 3.38. The van der Waals surface area contributed by atoms with Crippen molar-refractivity contribution in [1.29, 1.82) is 0 Å². The Labute approximate surface area is 161 Å². The Hall–Kier alpha value is -2.91. The minimum atomic E-state index is -0.535. The van der Waals surface area contributed by atoms with Gasteiger partial charge in [0.1, 0.15) is 12.4 Å². The number of nitrogens with zero attached hydrogens (tertiary/aromatic N) is 1. The van der Waals surface area contributed by atoms with Crippen LogP contribution in [0.15, 0.2) is 41.0 Å². The summed E-state index contributed by atoms with van der Waals surface area (Å²) in [6, 6.07) is 8.28. The zero-order chi connectivity index (χ0) is 19.0. The third kappa shape index (κ3) is 3.38. The van der Waals surface area contributed by atoms with E-state index in [-0.39, 0.29) is 25.7 Å². The van der Waals surface area contributed by atoms with Crippen molar-refractivity contribution in [3.63, 3.8) is 0 Å². The molecule has 0 atom stereocenters. The van der Waals surface area contributed by atoms with Crippen molar-refractivity contribution in [2.45, 2.75) is 13.2 Å². The maximum Gasteiger partial charge on any atom is 0.340 e. The van der Waals surface area contributed by atoms with Gasteiger partial charge in [0.25, 0.3) is 5.69 Å². The summed E-state index contributed by atoms with van der Waals surface area (Å²) in [7, 11) is 0. The zero-order valence-corrected chi connectivity index (χ0v) is 15.4. The van der Waals surface area contributed by atoms with Crippen LogP contribution in [0.2, 0.25) is 0 Å². The van der Waals surface area contributed by atoms with Crippen LogP contribution in [0, 0.1) is 10.1 Å². The highest BCUT2D eigenvalue weighted by atomic mass is 79.9. The number of rotatable bonds is 4. The van der Waals surface area contributed by atoms with E-state index in [9.17, 15) is 14.9 Å². The molecule has 1 aliphatic rings. The summed E-state index contributed by atoms with van der Waals surface area (Å²) < 4.78 is 16.9. The van der Waals surface area contributed by atoms with Crippen LogP contribution in [0.4, 0.5) is 5.69 Å². The van der Waals surface area contributed by atoms with E-state index in [1.807, 2.05) is 18.2 Å². The molecular weight excluding hydrogens is 420 g/mol. The van der Waals surface area contributed by atoms with E-state index in [1.54, 1.807) is 6.20 Å². The van der Waals surface area contributed by atoms with Crippen LogP contribution in [0.3, 0.4) is 0 Å². The van der Waals surface area contributed by atoms with Crippen molar-refractivity contribution in [3.05, 3.63) is 67.8 Å². The van der Waals surface area contributed by atoms with Crippen LogP contribution in [0.25, 0.3) is 10.9 Å². The third-order valence-electron chi connectivity index (χ3n) is 4.20. The molecule has 8 nitrogen and oxygen atoms in total. The fraction of sp³-hybridized carbons (Fsp3) is 0.167. The van der Waals surface area contributed by atoms with Crippen molar-refractivity contribution in [3.8, 4) is 5.75 Å². The first-order valence-electron chi connectivity index (χ1n) is 7.97. The maximum atomic E-state index is 12.5. The van der Waals surface area contributed by atoms with Crippen molar-refractivity contribution >= 4 is 38.5 Å². The zero-order valence-electron chi connectivity index (χ0n) is 13.9. The van der Waals surface area contributed by atoms with Gasteiger partial charge in [-0.3, -0.25) is 10.1 Å². The SMILES string of the molecule is O=C(OCc1cc([N+](=O)[O-])cc2c1OCOC2)c1c[nH]c2ccc(Br)cc12. The summed E-state index contributed by atoms with van der Waals surface area (Å²) in [5.41, 5.74) is 2.06. The number of nitrogens with one attached hydrogen (secondary N) is 1. The highest BCUT2D eigenvalue weighted by Gasteiger charge is 2.22. The number of halogens is 1. The molecule has 0 saturated heterocycles. The van der Waals surface area contributed by atoms with Gasteiger partial charge in [-0.2, -0.15) is 0 Å². The van der Waals surface area contributed by atoms with Gasteiger partial charge in [-0.05, 0) is 18.2 Å². The summed E-state index contributed by atoms with van der Waals surface area (Å²) in [5.74, 6) is -0.0759. The number of non-ortho nitro benzene ring substituents is 1. The first-order chi connectivity index (χ1) is 13.0. The molecule has 3 aromatic rings. The molecule has 0 saturated carbocycles. The van der Waals surface area contributed by atoms with Gasteiger partial charge >= 0.3 is 5.97 Å². The Morgan fingerprint density at radius 1 is 1.33 bits per heavy atom. The van der Waals surface area contributed by atoms with Crippen LogP contribution in [0.5, 0.6) is 5.75 Å². The number of esters is 1. The van der Waals surface area contributed by atoms with E-state index in [4.69, 9.17) is 14.2 Å². The molecule has 1 aromatic heterocycles. The number of ether oxygens (including phenoxy) is 3. The van der Waals surface area contributed by atoms with Gasteiger partial charge in [0.2, 0.25) is 0 Å². The largest absolute Gasteiger partial charge is 0.467 e. The van der Waals surface area contributed by atoms with E-state index in [0.717, 1.165) is 15.4 Å². The van der Waals surface area contributed by atoms with Gasteiger partial charge in [-0.25, -0.2) is 4.79 Å². The topological polar surface area (TPSA) is 104 Å². The average molecular weight is 433 g/mol. The van der Waals surface area contributed by atoms with Crippen LogP contribution in [-0.4, -0.2) is 22.7 Å². The number of hydrogen-bond donors (Lipinski definition) is 1. The quantitative estimate of drug-likeness (QED) is 0.378. The highest BCUT2D eigenvalue weighted by molar-refractivity contribution is 9.10. The third-order valence-corrected chi connectivity index (χ3v) is 4.70. The van der Waals surface area contributed by atoms with Crippen LogP contribution < -0.4 is 4.74 Å². The average Bonchev–Trinajstić information content (AvgIpc) is 3.08. The molecule has 9 heteroatoms.